The molecule has 0 heterocycles. The van der Waals surface area contributed by atoms with E-state index in [1.807, 2.05) is 18.2 Å². The van der Waals surface area contributed by atoms with E-state index < -0.39 is 0 Å². The maximum Gasteiger partial charge on any atom is 0.165 e. The Kier molecular flexibility index (Phi) is 2.53. The lowest BCUT2D eigenvalue weighted by molar-refractivity contribution is 0.0937. The number of nitrogen functional groups attached to an aromatic ring is 1. The summed E-state index contributed by atoms with van der Waals surface area (Å²) in [6, 6.07) is 7.32. The Bertz CT molecular complexity index is 342. The molecule has 2 N–H and O–H groups in total. The van der Waals surface area contributed by atoms with E-state index in [0.717, 1.165) is 0 Å². The average molecular weight is 189 g/mol. The highest BCUT2D eigenvalue weighted by Gasteiger charge is 2.21. The molecule has 0 aromatic heterocycles. The number of hydrogen-bond acceptors (Lipinski definition) is 2. The van der Waals surface area contributed by atoms with E-state index in [2.05, 4.69) is 0 Å². The van der Waals surface area contributed by atoms with Gasteiger partial charge in [-0.25, -0.2) is 0 Å². The van der Waals surface area contributed by atoms with Gasteiger partial charge in [0.1, 0.15) is 0 Å². The van der Waals surface area contributed by atoms with E-state index in [1.165, 1.54) is 19.3 Å². The second-order valence-corrected chi connectivity index (χ2v) is 4.01. The number of hydrogen-bond donors (Lipinski definition) is 1. The maximum atomic E-state index is 11.8. The zero-order chi connectivity index (χ0) is 9.97. The summed E-state index contributed by atoms with van der Waals surface area (Å²) in [5, 5.41) is 0. The van der Waals surface area contributed by atoms with Gasteiger partial charge < -0.3 is 5.73 Å². The van der Waals surface area contributed by atoms with Crippen LogP contribution in [0.1, 0.15) is 36.0 Å². The normalized spacial score (nSPS) is 16.3. The van der Waals surface area contributed by atoms with E-state index in [9.17, 15) is 4.79 Å². The Morgan fingerprint density at radius 3 is 2.64 bits per heavy atom. The molecule has 2 heteroatoms. The third-order valence-electron chi connectivity index (χ3n) is 2.96. The number of Topliss-reactive ketones (excluding diaryl/α,β-unsaturated/α-hetero) is 1. The minimum Gasteiger partial charge on any atom is -0.398 e. The molecule has 1 aromatic carbocycles. The summed E-state index contributed by atoms with van der Waals surface area (Å²) < 4.78 is 0. The van der Waals surface area contributed by atoms with Crippen LogP contribution in [-0.4, -0.2) is 5.78 Å². The van der Waals surface area contributed by atoms with E-state index in [0.29, 0.717) is 23.6 Å². The van der Waals surface area contributed by atoms with Crippen LogP contribution in [0.25, 0.3) is 0 Å². The summed E-state index contributed by atoms with van der Waals surface area (Å²) in [7, 11) is 0. The van der Waals surface area contributed by atoms with Crippen LogP contribution < -0.4 is 5.73 Å². The second kappa shape index (κ2) is 3.82. The first kappa shape index (κ1) is 9.25. The number of carbonyl (C=O) groups excluding carboxylic acids is 1. The van der Waals surface area contributed by atoms with Crippen molar-refractivity contribution in [2.75, 3.05) is 5.73 Å². The van der Waals surface area contributed by atoms with Crippen molar-refractivity contribution >= 4 is 11.5 Å². The van der Waals surface area contributed by atoms with Crippen molar-refractivity contribution in [1.82, 2.24) is 0 Å². The predicted octanol–water partition coefficient (Wildman–Crippen LogP) is 2.64. The lowest BCUT2D eigenvalue weighted by Crippen LogP contribution is -2.16. The van der Waals surface area contributed by atoms with Gasteiger partial charge in [-0.15, -0.1) is 0 Å². The largest absolute Gasteiger partial charge is 0.398 e. The number of ketones is 1. The summed E-state index contributed by atoms with van der Waals surface area (Å²) in [5.74, 6) is 0.815. The fourth-order valence-electron chi connectivity index (χ4n) is 1.82. The molecule has 74 valence electrons. The van der Waals surface area contributed by atoms with Gasteiger partial charge in [0.25, 0.3) is 0 Å². The Morgan fingerprint density at radius 2 is 2.07 bits per heavy atom. The third kappa shape index (κ3) is 1.79. The first-order valence-corrected chi connectivity index (χ1v) is 5.15. The third-order valence-corrected chi connectivity index (χ3v) is 2.96. The molecule has 2 nitrogen and oxygen atoms in total. The standard InChI is InChI=1S/C12H15NO/c13-11-7-2-1-6-10(11)12(14)8-9-4-3-5-9/h1-2,6-7,9H,3-5,8,13H2. The Balaban J connectivity index is 2.06. The molecule has 1 aliphatic rings. The molecule has 1 saturated carbocycles. The van der Waals surface area contributed by atoms with E-state index in [4.69, 9.17) is 5.73 Å². The topological polar surface area (TPSA) is 43.1 Å². The van der Waals surface area contributed by atoms with E-state index in [1.54, 1.807) is 6.07 Å². The zero-order valence-electron chi connectivity index (χ0n) is 8.20. The van der Waals surface area contributed by atoms with Crippen molar-refractivity contribution in [3.8, 4) is 0 Å². The van der Waals surface area contributed by atoms with Gasteiger partial charge in [0.15, 0.2) is 5.78 Å². The highest BCUT2D eigenvalue weighted by atomic mass is 16.1. The lowest BCUT2D eigenvalue weighted by atomic mass is 9.81. The number of rotatable bonds is 3. The van der Waals surface area contributed by atoms with Crippen molar-refractivity contribution < 1.29 is 4.79 Å². The first-order valence-electron chi connectivity index (χ1n) is 5.15. The van der Waals surface area contributed by atoms with Crippen LogP contribution in [0.15, 0.2) is 24.3 Å². The van der Waals surface area contributed by atoms with Crippen LogP contribution in [0.5, 0.6) is 0 Å². The molecule has 14 heavy (non-hydrogen) atoms. The Labute approximate surface area is 84.1 Å². The molecule has 1 fully saturated rings. The maximum absolute atomic E-state index is 11.8. The fraction of sp³-hybridized carbons (Fsp3) is 0.417. The van der Waals surface area contributed by atoms with Crippen molar-refractivity contribution in [2.24, 2.45) is 5.92 Å². The Hall–Kier alpha value is -1.31. The number of benzene rings is 1. The fourth-order valence-corrected chi connectivity index (χ4v) is 1.82. The summed E-state index contributed by atoms with van der Waals surface area (Å²) in [5.41, 5.74) is 7.04. The molecular formula is C12H15NO. The van der Waals surface area contributed by atoms with Gasteiger partial charge >= 0.3 is 0 Å². The number of para-hydroxylation sites is 1. The molecule has 1 aromatic rings. The minimum absolute atomic E-state index is 0.202. The van der Waals surface area contributed by atoms with Gasteiger partial charge in [-0.3, -0.25) is 4.79 Å². The predicted molar refractivity (Wildman–Crippen MR) is 57.1 cm³/mol. The van der Waals surface area contributed by atoms with Gasteiger partial charge in [0.2, 0.25) is 0 Å². The molecular weight excluding hydrogens is 174 g/mol. The van der Waals surface area contributed by atoms with Gasteiger partial charge in [-0.1, -0.05) is 31.4 Å². The number of anilines is 1. The minimum atomic E-state index is 0.202. The highest BCUT2D eigenvalue weighted by molar-refractivity contribution is 6.00. The zero-order valence-corrected chi connectivity index (χ0v) is 8.20. The second-order valence-electron chi connectivity index (χ2n) is 4.01. The lowest BCUT2D eigenvalue weighted by Gasteiger charge is -2.24. The van der Waals surface area contributed by atoms with Gasteiger partial charge in [0, 0.05) is 17.7 Å². The van der Waals surface area contributed by atoms with E-state index >= 15 is 0 Å². The molecule has 0 unspecified atom stereocenters. The molecule has 0 spiro atoms. The van der Waals surface area contributed by atoms with Crippen LogP contribution in [-0.2, 0) is 0 Å². The monoisotopic (exact) mass is 189 g/mol. The number of carbonyl (C=O) groups is 1. The van der Waals surface area contributed by atoms with Crippen molar-refractivity contribution in [2.45, 2.75) is 25.7 Å². The average Bonchev–Trinajstić information content (AvgIpc) is 2.12. The summed E-state index contributed by atoms with van der Waals surface area (Å²) in [6.45, 7) is 0. The van der Waals surface area contributed by atoms with Gasteiger partial charge in [-0.05, 0) is 18.1 Å². The molecule has 0 radical (unpaired) electrons. The van der Waals surface area contributed by atoms with Crippen LogP contribution in [0.3, 0.4) is 0 Å². The summed E-state index contributed by atoms with van der Waals surface area (Å²) in [6.07, 6.45) is 4.37. The van der Waals surface area contributed by atoms with Crippen molar-refractivity contribution in [1.29, 1.82) is 0 Å². The molecule has 2 rings (SSSR count). The van der Waals surface area contributed by atoms with Crippen LogP contribution in [0.2, 0.25) is 0 Å². The molecule has 0 atom stereocenters. The first-order chi connectivity index (χ1) is 6.77. The van der Waals surface area contributed by atoms with Crippen LogP contribution in [0.4, 0.5) is 5.69 Å². The van der Waals surface area contributed by atoms with Crippen molar-refractivity contribution in [3.63, 3.8) is 0 Å². The molecule has 1 aliphatic carbocycles. The quantitative estimate of drug-likeness (QED) is 0.586. The molecule has 0 bridgehead atoms. The van der Waals surface area contributed by atoms with Crippen LogP contribution in [0, 0.1) is 5.92 Å². The van der Waals surface area contributed by atoms with Crippen molar-refractivity contribution in [3.05, 3.63) is 29.8 Å². The van der Waals surface area contributed by atoms with E-state index in [-0.39, 0.29) is 5.78 Å². The number of nitrogens with two attached hydrogens (primary N) is 1. The van der Waals surface area contributed by atoms with Gasteiger partial charge in [-0.2, -0.15) is 0 Å². The summed E-state index contributed by atoms with van der Waals surface area (Å²) >= 11 is 0. The summed E-state index contributed by atoms with van der Waals surface area (Å²) in [4.78, 5) is 11.8. The molecule has 0 aliphatic heterocycles. The van der Waals surface area contributed by atoms with Crippen LogP contribution >= 0.6 is 0 Å². The Morgan fingerprint density at radius 1 is 1.36 bits per heavy atom. The molecule has 0 amide bonds. The molecule has 0 saturated heterocycles. The van der Waals surface area contributed by atoms with Gasteiger partial charge in [0.05, 0.1) is 0 Å². The smallest absolute Gasteiger partial charge is 0.165 e. The highest BCUT2D eigenvalue weighted by Crippen LogP contribution is 2.31. The SMILES string of the molecule is Nc1ccccc1C(=O)CC1CCC1.